The first kappa shape index (κ1) is 17.4. The summed E-state index contributed by atoms with van der Waals surface area (Å²) in [6.07, 6.45) is 2.79. The fourth-order valence-electron chi connectivity index (χ4n) is 1.79. The fourth-order valence-corrected chi connectivity index (χ4v) is 2.64. The molecule has 0 saturated carbocycles. The molecular formula is C14H21FN2O3S. The van der Waals surface area contributed by atoms with Crippen molar-refractivity contribution in [2.24, 2.45) is 0 Å². The fraction of sp³-hybridized carbons (Fsp3) is 0.500. The van der Waals surface area contributed by atoms with Crippen LogP contribution in [0.4, 0.5) is 10.1 Å². The molecule has 0 fully saturated rings. The molecule has 0 atom stereocenters. The van der Waals surface area contributed by atoms with E-state index in [1.54, 1.807) is 7.05 Å². The molecule has 0 aliphatic heterocycles. The van der Waals surface area contributed by atoms with Crippen LogP contribution in [-0.2, 0) is 14.8 Å². The molecule has 5 nitrogen and oxygen atoms in total. The summed E-state index contributed by atoms with van der Waals surface area (Å²) in [5.41, 5.74) is 0.148. The second-order valence-electron chi connectivity index (χ2n) is 4.92. The minimum atomic E-state index is -3.66. The number of unbranched alkanes of at least 4 members (excludes halogenated alkanes) is 1. The summed E-state index contributed by atoms with van der Waals surface area (Å²) in [5, 5.41) is 0. The zero-order valence-electron chi connectivity index (χ0n) is 12.5. The lowest BCUT2D eigenvalue weighted by Gasteiger charge is -2.25. The second-order valence-corrected chi connectivity index (χ2v) is 6.83. The Labute approximate surface area is 125 Å². The van der Waals surface area contributed by atoms with Crippen LogP contribution in [0, 0.1) is 5.82 Å². The lowest BCUT2D eigenvalue weighted by atomic mass is 10.3. The number of carbonyl (C=O) groups excluding carboxylic acids is 1. The average molecular weight is 316 g/mol. The molecule has 0 bridgehead atoms. The number of halogens is 1. The number of likely N-dealkylation sites (N-methyl/N-ethyl adjacent to an activating group) is 1. The summed E-state index contributed by atoms with van der Waals surface area (Å²) in [4.78, 5) is 13.6. The van der Waals surface area contributed by atoms with Crippen LogP contribution in [0.25, 0.3) is 0 Å². The van der Waals surface area contributed by atoms with Gasteiger partial charge in [0.05, 0.1) is 11.9 Å². The molecule has 0 N–H and O–H groups in total. The summed E-state index contributed by atoms with van der Waals surface area (Å²) in [6.45, 7) is 2.24. The van der Waals surface area contributed by atoms with E-state index in [1.807, 2.05) is 6.92 Å². The standard InChI is InChI=1S/C14H21FN2O3S/c1-4-5-9-16(2)14(18)11-17(21(3,19)20)13-8-6-7-12(15)10-13/h6-8,10H,4-5,9,11H2,1-3H3. The third kappa shape index (κ3) is 5.34. The van der Waals surface area contributed by atoms with E-state index in [2.05, 4.69) is 0 Å². The normalized spacial score (nSPS) is 11.2. The Bertz CT molecular complexity index is 590. The quantitative estimate of drug-likeness (QED) is 0.771. The van der Waals surface area contributed by atoms with E-state index in [1.165, 1.54) is 23.1 Å². The summed E-state index contributed by atoms with van der Waals surface area (Å²) < 4.78 is 37.9. The highest BCUT2D eigenvalue weighted by Gasteiger charge is 2.22. The van der Waals surface area contributed by atoms with Gasteiger partial charge in [-0.1, -0.05) is 19.4 Å². The number of hydrogen-bond acceptors (Lipinski definition) is 3. The highest BCUT2D eigenvalue weighted by Crippen LogP contribution is 2.18. The van der Waals surface area contributed by atoms with Crippen molar-refractivity contribution in [1.82, 2.24) is 4.90 Å². The van der Waals surface area contributed by atoms with E-state index >= 15 is 0 Å². The van der Waals surface area contributed by atoms with Crippen LogP contribution in [0.1, 0.15) is 19.8 Å². The van der Waals surface area contributed by atoms with Crippen LogP contribution in [0.5, 0.6) is 0 Å². The molecular weight excluding hydrogens is 295 g/mol. The monoisotopic (exact) mass is 316 g/mol. The molecule has 0 aromatic heterocycles. The number of benzene rings is 1. The predicted molar refractivity (Wildman–Crippen MR) is 81.1 cm³/mol. The number of amides is 1. The molecule has 1 aromatic carbocycles. The number of rotatable bonds is 7. The van der Waals surface area contributed by atoms with Gasteiger partial charge in [0.1, 0.15) is 12.4 Å². The van der Waals surface area contributed by atoms with E-state index in [4.69, 9.17) is 0 Å². The van der Waals surface area contributed by atoms with Crippen molar-refractivity contribution >= 4 is 21.6 Å². The Morgan fingerprint density at radius 1 is 1.33 bits per heavy atom. The Morgan fingerprint density at radius 3 is 2.52 bits per heavy atom. The van der Waals surface area contributed by atoms with Crippen LogP contribution in [0.2, 0.25) is 0 Å². The molecule has 1 amide bonds. The van der Waals surface area contributed by atoms with Crippen molar-refractivity contribution in [1.29, 1.82) is 0 Å². The zero-order chi connectivity index (χ0) is 16.0. The number of sulfonamides is 1. The molecule has 118 valence electrons. The van der Waals surface area contributed by atoms with Crippen molar-refractivity contribution in [2.75, 3.05) is 30.7 Å². The lowest BCUT2D eigenvalue weighted by Crippen LogP contribution is -2.41. The summed E-state index contributed by atoms with van der Waals surface area (Å²) in [6, 6.07) is 5.19. The molecule has 0 unspecified atom stereocenters. The molecule has 0 aliphatic rings. The van der Waals surface area contributed by atoms with Gasteiger partial charge in [-0.25, -0.2) is 12.8 Å². The lowest BCUT2D eigenvalue weighted by molar-refractivity contribution is -0.128. The van der Waals surface area contributed by atoms with Gasteiger partial charge in [-0.05, 0) is 24.6 Å². The molecule has 0 spiro atoms. The minimum Gasteiger partial charge on any atom is -0.344 e. The van der Waals surface area contributed by atoms with Gasteiger partial charge in [0, 0.05) is 13.6 Å². The number of hydrogen-bond donors (Lipinski definition) is 0. The highest BCUT2D eigenvalue weighted by atomic mass is 32.2. The van der Waals surface area contributed by atoms with Gasteiger partial charge < -0.3 is 4.90 Å². The summed E-state index contributed by atoms with van der Waals surface area (Å²) in [5.74, 6) is -0.869. The van der Waals surface area contributed by atoms with E-state index in [9.17, 15) is 17.6 Å². The molecule has 0 heterocycles. The van der Waals surface area contributed by atoms with Crippen LogP contribution < -0.4 is 4.31 Å². The maximum Gasteiger partial charge on any atom is 0.243 e. The van der Waals surface area contributed by atoms with Crippen molar-refractivity contribution in [3.63, 3.8) is 0 Å². The van der Waals surface area contributed by atoms with Crippen LogP contribution in [0.15, 0.2) is 24.3 Å². The van der Waals surface area contributed by atoms with Crippen molar-refractivity contribution in [3.05, 3.63) is 30.1 Å². The first-order valence-electron chi connectivity index (χ1n) is 6.73. The molecule has 1 rings (SSSR count). The van der Waals surface area contributed by atoms with E-state index in [0.29, 0.717) is 6.54 Å². The number of nitrogens with zero attached hydrogens (tertiary/aromatic N) is 2. The average Bonchev–Trinajstić information content (AvgIpc) is 2.40. The van der Waals surface area contributed by atoms with E-state index in [-0.39, 0.29) is 18.1 Å². The molecule has 0 aliphatic carbocycles. The Morgan fingerprint density at radius 2 is 2.00 bits per heavy atom. The number of anilines is 1. The smallest absolute Gasteiger partial charge is 0.243 e. The number of carbonyl (C=O) groups is 1. The first-order valence-corrected chi connectivity index (χ1v) is 8.57. The third-order valence-corrected chi connectivity index (χ3v) is 4.19. The summed E-state index contributed by atoms with van der Waals surface area (Å²) >= 11 is 0. The van der Waals surface area contributed by atoms with Crippen LogP contribution in [0.3, 0.4) is 0 Å². The van der Waals surface area contributed by atoms with Gasteiger partial charge in [-0.15, -0.1) is 0 Å². The van der Waals surface area contributed by atoms with Crippen molar-refractivity contribution in [3.8, 4) is 0 Å². The largest absolute Gasteiger partial charge is 0.344 e. The van der Waals surface area contributed by atoms with Gasteiger partial charge >= 0.3 is 0 Å². The maximum absolute atomic E-state index is 13.3. The second kappa shape index (κ2) is 7.40. The Balaban J connectivity index is 2.93. The van der Waals surface area contributed by atoms with Crippen molar-refractivity contribution in [2.45, 2.75) is 19.8 Å². The van der Waals surface area contributed by atoms with Gasteiger partial charge in [0.15, 0.2) is 0 Å². The SMILES string of the molecule is CCCCN(C)C(=O)CN(c1cccc(F)c1)S(C)(=O)=O. The molecule has 21 heavy (non-hydrogen) atoms. The molecule has 0 radical (unpaired) electrons. The third-order valence-electron chi connectivity index (χ3n) is 3.05. The van der Waals surface area contributed by atoms with Crippen LogP contribution in [-0.4, -0.2) is 45.6 Å². The van der Waals surface area contributed by atoms with Gasteiger partial charge in [0.2, 0.25) is 15.9 Å². The Kier molecular flexibility index (Phi) is 6.14. The van der Waals surface area contributed by atoms with Crippen molar-refractivity contribution < 1.29 is 17.6 Å². The van der Waals surface area contributed by atoms with Gasteiger partial charge in [0.25, 0.3) is 0 Å². The molecule has 7 heteroatoms. The maximum atomic E-state index is 13.3. The van der Waals surface area contributed by atoms with Gasteiger partial charge in [-0.2, -0.15) is 0 Å². The Hall–Kier alpha value is -1.63. The van der Waals surface area contributed by atoms with Crippen LogP contribution >= 0.6 is 0 Å². The zero-order valence-corrected chi connectivity index (χ0v) is 13.4. The van der Waals surface area contributed by atoms with E-state index in [0.717, 1.165) is 29.5 Å². The van der Waals surface area contributed by atoms with E-state index < -0.39 is 15.8 Å². The van der Waals surface area contributed by atoms with Gasteiger partial charge in [-0.3, -0.25) is 9.10 Å². The first-order chi connectivity index (χ1) is 9.75. The predicted octanol–water partition coefficient (Wildman–Crippen LogP) is 1.85. The minimum absolute atomic E-state index is 0.148. The topological polar surface area (TPSA) is 57.7 Å². The molecule has 1 aromatic rings. The highest BCUT2D eigenvalue weighted by molar-refractivity contribution is 7.92. The summed E-state index contributed by atoms with van der Waals surface area (Å²) in [7, 11) is -2.04. The molecule has 0 saturated heterocycles.